The highest BCUT2D eigenvalue weighted by atomic mass is 16.2. The van der Waals surface area contributed by atoms with Crippen LogP contribution in [0.5, 0.6) is 0 Å². The molecule has 0 atom stereocenters. The zero-order chi connectivity index (χ0) is 19.4. The van der Waals surface area contributed by atoms with Crippen LogP contribution >= 0.6 is 0 Å². The Morgan fingerprint density at radius 1 is 1.07 bits per heavy atom. The number of benzene rings is 1. The van der Waals surface area contributed by atoms with Crippen molar-refractivity contribution < 1.29 is 9.59 Å². The van der Waals surface area contributed by atoms with E-state index in [4.69, 9.17) is 0 Å². The maximum absolute atomic E-state index is 12.6. The fourth-order valence-electron chi connectivity index (χ4n) is 4.00. The summed E-state index contributed by atoms with van der Waals surface area (Å²) in [6.45, 7) is 12.6. The lowest BCUT2D eigenvalue weighted by atomic mass is 9.95. The van der Waals surface area contributed by atoms with Gasteiger partial charge in [0.25, 0.3) is 0 Å². The molecule has 27 heavy (non-hydrogen) atoms. The van der Waals surface area contributed by atoms with E-state index < -0.39 is 0 Å². The molecule has 2 aliphatic heterocycles. The lowest BCUT2D eigenvalue weighted by Gasteiger charge is -2.35. The predicted molar refractivity (Wildman–Crippen MR) is 109 cm³/mol. The summed E-state index contributed by atoms with van der Waals surface area (Å²) in [5.74, 6) is 0.160. The van der Waals surface area contributed by atoms with E-state index in [2.05, 4.69) is 41.1 Å². The molecule has 0 radical (unpaired) electrons. The van der Waals surface area contributed by atoms with Gasteiger partial charge in [-0.1, -0.05) is 6.92 Å². The van der Waals surface area contributed by atoms with Crippen LogP contribution in [0.2, 0.25) is 0 Å². The number of aryl methyl sites for hydroxylation is 1. The van der Waals surface area contributed by atoms with Gasteiger partial charge < -0.3 is 20.0 Å². The molecule has 0 aliphatic carbocycles. The molecular weight excluding hydrogens is 340 g/mol. The number of carbonyl (C=O) groups excluding carboxylic acids is 2. The highest BCUT2D eigenvalue weighted by Gasteiger charge is 2.26. The Balaban J connectivity index is 1.56. The molecule has 6 heteroatoms. The van der Waals surface area contributed by atoms with Gasteiger partial charge in [-0.05, 0) is 50.1 Å². The molecule has 148 valence electrons. The van der Waals surface area contributed by atoms with E-state index in [0.717, 1.165) is 56.8 Å². The Morgan fingerprint density at radius 2 is 1.74 bits per heavy atom. The zero-order valence-corrected chi connectivity index (χ0v) is 16.8. The quantitative estimate of drug-likeness (QED) is 0.881. The van der Waals surface area contributed by atoms with Crippen LogP contribution in [0.15, 0.2) is 18.2 Å². The number of likely N-dealkylation sites (tertiary alicyclic amines) is 1. The normalized spacial score (nSPS) is 19.2. The first-order valence-electron chi connectivity index (χ1n) is 10.1. The Labute approximate surface area is 162 Å². The summed E-state index contributed by atoms with van der Waals surface area (Å²) in [5, 5.41) is 3.10. The molecule has 2 heterocycles. The van der Waals surface area contributed by atoms with Crippen LogP contribution in [0.3, 0.4) is 0 Å². The van der Waals surface area contributed by atoms with Crippen LogP contribution in [0.1, 0.15) is 32.3 Å². The van der Waals surface area contributed by atoms with Crippen LogP contribution in [-0.4, -0.2) is 67.4 Å². The van der Waals surface area contributed by atoms with Gasteiger partial charge >= 0.3 is 0 Å². The van der Waals surface area contributed by atoms with Crippen molar-refractivity contribution in [2.75, 3.05) is 56.0 Å². The van der Waals surface area contributed by atoms with Gasteiger partial charge in [-0.3, -0.25) is 9.59 Å². The molecule has 3 rings (SSSR count). The number of carbonyl (C=O) groups is 2. The van der Waals surface area contributed by atoms with Crippen molar-refractivity contribution in [2.45, 2.75) is 33.6 Å². The average molecular weight is 373 g/mol. The van der Waals surface area contributed by atoms with E-state index in [1.165, 1.54) is 5.69 Å². The van der Waals surface area contributed by atoms with E-state index in [-0.39, 0.29) is 17.7 Å². The van der Waals surface area contributed by atoms with Crippen molar-refractivity contribution in [1.29, 1.82) is 0 Å². The number of hydrogen-bond acceptors (Lipinski definition) is 4. The van der Waals surface area contributed by atoms with E-state index >= 15 is 0 Å². The first kappa shape index (κ1) is 19.7. The van der Waals surface area contributed by atoms with Gasteiger partial charge in [0.15, 0.2) is 0 Å². The number of piperazine rings is 1. The Kier molecular flexibility index (Phi) is 6.37. The number of anilines is 2. The minimum absolute atomic E-state index is 0.0122. The van der Waals surface area contributed by atoms with Crippen LogP contribution < -0.4 is 10.2 Å². The number of piperidine rings is 1. The number of nitrogens with one attached hydrogen (secondary N) is 1. The summed E-state index contributed by atoms with van der Waals surface area (Å²) >= 11 is 0. The molecule has 6 nitrogen and oxygen atoms in total. The van der Waals surface area contributed by atoms with Crippen LogP contribution in [0.25, 0.3) is 0 Å². The molecule has 0 spiro atoms. The largest absolute Gasteiger partial charge is 0.369 e. The zero-order valence-electron chi connectivity index (χ0n) is 16.8. The van der Waals surface area contributed by atoms with Crippen molar-refractivity contribution >= 4 is 23.2 Å². The molecule has 0 bridgehead atoms. The first-order valence-corrected chi connectivity index (χ1v) is 10.1. The summed E-state index contributed by atoms with van der Waals surface area (Å²) < 4.78 is 0. The molecule has 2 amide bonds. The van der Waals surface area contributed by atoms with E-state index in [1.54, 1.807) is 6.92 Å². The second kappa shape index (κ2) is 8.74. The molecule has 0 aromatic heterocycles. The third kappa shape index (κ3) is 4.80. The summed E-state index contributed by atoms with van der Waals surface area (Å²) in [5.41, 5.74) is 3.22. The van der Waals surface area contributed by atoms with Gasteiger partial charge in [0.1, 0.15) is 0 Å². The standard InChI is InChI=1S/C21H32N4O2/c1-4-23-11-13-25(14-12-23)19-5-6-20(16(2)15-19)22-21(27)18-7-9-24(10-8-18)17(3)26/h5-6,15,18H,4,7-14H2,1-3H3,(H,22,27). The lowest BCUT2D eigenvalue weighted by Crippen LogP contribution is -2.46. The van der Waals surface area contributed by atoms with Crippen molar-refractivity contribution in [2.24, 2.45) is 5.92 Å². The van der Waals surface area contributed by atoms with Crippen LogP contribution in [-0.2, 0) is 9.59 Å². The molecule has 1 N–H and O–H groups in total. The van der Waals surface area contributed by atoms with Gasteiger partial charge in [0.05, 0.1) is 0 Å². The van der Waals surface area contributed by atoms with Gasteiger partial charge in [0, 0.05) is 63.5 Å². The third-order valence-corrected chi connectivity index (χ3v) is 5.96. The van der Waals surface area contributed by atoms with Gasteiger partial charge in [-0.2, -0.15) is 0 Å². The molecule has 1 aromatic carbocycles. The van der Waals surface area contributed by atoms with Gasteiger partial charge in [-0.25, -0.2) is 0 Å². The summed E-state index contributed by atoms with van der Waals surface area (Å²) in [7, 11) is 0. The van der Waals surface area contributed by atoms with E-state index in [1.807, 2.05) is 11.0 Å². The second-order valence-electron chi connectivity index (χ2n) is 7.69. The van der Waals surface area contributed by atoms with Crippen molar-refractivity contribution in [3.63, 3.8) is 0 Å². The predicted octanol–water partition coefficient (Wildman–Crippen LogP) is 2.33. The maximum atomic E-state index is 12.6. The highest BCUT2D eigenvalue weighted by molar-refractivity contribution is 5.93. The Bertz CT molecular complexity index is 675. The number of likely N-dealkylation sites (N-methyl/N-ethyl adjacent to an activating group) is 1. The second-order valence-corrected chi connectivity index (χ2v) is 7.69. The minimum atomic E-state index is -0.0122. The van der Waals surface area contributed by atoms with Crippen molar-refractivity contribution in [3.8, 4) is 0 Å². The van der Waals surface area contributed by atoms with E-state index in [0.29, 0.717) is 13.1 Å². The number of amides is 2. The van der Waals surface area contributed by atoms with Gasteiger partial charge in [0.2, 0.25) is 11.8 Å². The number of hydrogen-bond donors (Lipinski definition) is 1. The molecule has 2 aliphatic rings. The van der Waals surface area contributed by atoms with Crippen LogP contribution in [0.4, 0.5) is 11.4 Å². The fourth-order valence-corrected chi connectivity index (χ4v) is 4.00. The molecule has 2 fully saturated rings. The summed E-state index contributed by atoms with van der Waals surface area (Å²) in [4.78, 5) is 30.8. The van der Waals surface area contributed by atoms with Crippen molar-refractivity contribution in [3.05, 3.63) is 23.8 Å². The fraction of sp³-hybridized carbons (Fsp3) is 0.619. The highest BCUT2D eigenvalue weighted by Crippen LogP contribution is 2.25. The monoisotopic (exact) mass is 372 g/mol. The maximum Gasteiger partial charge on any atom is 0.227 e. The topological polar surface area (TPSA) is 55.9 Å². The molecule has 0 saturated carbocycles. The van der Waals surface area contributed by atoms with Crippen molar-refractivity contribution in [1.82, 2.24) is 9.80 Å². The molecule has 0 unspecified atom stereocenters. The van der Waals surface area contributed by atoms with E-state index in [9.17, 15) is 9.59 Å². The Morgan fingerprint density at radius 3 is 2.30 bits per heavy atom. The number of nitrogens with zero attached hydrogens (tertiary/aromatic N) is 3. The van der Waals surface area contributed by atoms with Gasteiger partial charge in [-0.15, -0.1) is 0 Å². The Hall–Kier alpha value is -2.08. The average Bonchev–Trinajstić information content (AvgIpc) is 2.69. The molecular formula is C21H32N4O2. The lowest BCUT2D eigenvalue weighted by molar-refractivity contribution is -0.132. The summed E-state index contributed by atoms with van der Waals surface area (Å²) in [6, 6.07) is 6.32. The molecule has 2 saturated heterocycles. The smallest absolute Gasteiger partial charge is 0.227 e. The SMILES string of the molecule is CCN1CCN(c2ccc(NC(=O)C3CCN(C(C)=O)CC3)c(C)c2)CC1. The first-order chi connectivity index (χ1) is 13.0. The third-order valence-electron chi connectivity index (χ3n) is 5.96. The number of rotatable bonds is 4. The molecule has 1 aromatic rings. The summed E-state index contributed by atoms with van der Waals surface area (Å²) in [6.07, 6.45) is 1.48. The van der Waals surface area contributed by atoms with Crippen LogP contribution in [0, 0.1) is 12.8 Å². The minimum Gasteiger partial charge on any atom is -0.369 e.